The van der Waals surface area contributed by atoms with Crippen LogP contribution in [0, 0.1) is 11.3 Å². The lowest BCUT2D eigenvalue weighted by Crippen LogP contribution is -2.55. The molecule has 7 nitrogen and oxygen atoms in total. The van der Waals surface area contributed by atoms with E-state index in [1.54, 1.807) is 20.0 Å². The standard InChI is InChI=1S/C17H22Cl2N4O3S/c1-13(17(24)21(2)8-4-7-20)22-9-11-23(12-10-22)27(25,26)16-14(18)5-3-6-15(16)19/h3,5-6,13H,4,8-12H2,1-2H3. The second-order valence-corrected chi connectivity index (χ2v) is 9.02. The van der Waals surface area contributed by atoms with Crippen LogP contribution in [-0.4, -0.2) is 74.2 Å². The van der Waals surface area contributed by atoms with E-state index in [-0.39, 0.29) is 46.4 Å². The van der Waals surface area contributed by atoms with Crippen molar-refractivity contribution in [2.45, 2.75) is 24.3 Å². The molecular weight excluding hydrogens is 411 g/mol. The first-order valence-corrected chi connectivity index (χ1v) is 10.7. The highest BCUT2D eigenvalue weighted by atomic mass is 35.5. The molecule has 1 fully saturated rings. The maximum Gasteiger partial charge on any atom is 0.246 e. The van der Waals surface area contributed by atoms with Gasteiger partial charge in [-0.2, -0.15) is 9.57 Å². The zero-order chi connectivity index (χ0) is 20.2. The van der Waals surface area contributed by atoms with Crippen molar-refractivity contribution in [2.24, 2.45) is 0 Å². The Kier molecular flexibility index (Phi) is 7.48. The van der Waals surface area contributed by atoms with Crippen LogP contribution in [0.1, 0.15) is 13.3 Å². The minimum absolute atomic E-state index is 0.0813. The smallest absolute Gasteiger partial charge is 0.246 e. The molecule has 1 amide bonds. The Bertz CT molecular complexity index is 813. The van der Waals surface area contributed by atoms with Gasteiger partial charge in [-0.05, 0) is 19.1 Å². The number of carbonyl (C=O) groups is 1. The summed E-state index contributed by atoms with van der Waals surface area (Å²) in [5.41, 5.74) is 0. The van der Waals surface area contributed by atoms with Gasteiger partial charge in [0.25, 0.3) is 0 Å². The number of nitriles is 1. The zero-order valence-corrected chi connectivity index (χ0v) is 17.6. The number of halogens is 2. The highest BCUT2D eigenvalue weighted by molar-refractivity contribution is 7.89. The van der Waals surface area contributed by atoms with Crippen LogP contribution in [-0.2, 0) is 14.8 Å². The molecule has 1 unspecified atom stereocenters. The number of benzene rings is 1. The summed E-state index contributed by atoms with van der Waals surface area (Å²) in [6.07, 6.45) is 0.277. The molecule has 0 radical (unpaired) electrons. The van der Waals surface area contributed by atoms with Crippen molar-refractivity contribution in [1.29, 1.82) is 5.26 Å². The predicted octanol–water partition coefficient (Wildman–Crippen LogP) is 2.06. The molecule has 0 bridgehead atoms. The van der Waals surface area contributed by atoms with Crippen LogP contribution in [0.2, 0.25) is 10.0 Å². The van der Waals surface area contributed by atoms with E-state index >= 15 is 0 Å². The Hall–Kier alpha value is -1.37. The summed E-state index contributed by atoms with van der Waals surface area (Å²) in [5, 5.41) is 8.82. The van der Waals surface area contributed by atoms with Gasteiger partial charge in [-0.25, -0.2) is 8.42 Å². The van der Waals surface area contributed by atoms with Gasteiger partial charge >= 0.3 is 0 Å². The van der Waals surface area contributed by atoms with Gasteiger partial charge < -0.3 is 4.90 Å². The Labute approximate surface area is 170 Å². The number of hydrogen-bond donors (Lipinski definition) is 0. The lowest BCUT2D eigenvalue weighted by Gasteiger charge is -2.38. The molecule has 0 saturated carbocycles. The lowest BCUT2D eigenvalue weighted by atomic mass is 10.2. The zero-order valence-electron chi connectivity index (χ0n) is 15.2. The van der Waals surface area contributed by atoms with Crippen LogP contribution in [0.25, 0.3) is 0 Å². The van der Waals surface area contributed by atoms with Gasteiger partial charge in [0, 0.05) is 39.8 Å². The van der Waals surface area contributed by atoms with Crippen molar-refractivity contribution < 1.29 is 13.2 Å². The SMILES string of the molecule is CC(C(=O)N(C)CCC#N)N1CCN(S(=O)(=O)c2c(Cl)cccc2Cl)CC1. The molecular formula is C17H22Cl2N4O3S. The largest absolute Gasteiger partial charge is 0.343 e. The summed E-state index contributed by atoms with van der Waals surface area (Å²) >= 11 is 12.1. The Balaban J connectivity index is 2.04. The molecule has 1 atom stereocenters. The first-order valence-electron chi connectivity index (χ1n) is 8.50. The number of likely N-dealkylation sites (N-methyl/N-ethyl adjacent to an activating group) is 1. The van der Waals surface area contributed by atoms with Crippen molar-refractivity contribution in [2.75, 3.05) is 39.8 Å². The maximum absolute atomic E-state index is 12.9. The van der Waals surface area contributed by atoms with Crippen LogP contribution in [0.5, 0.6) is 0 Å². The van der Waals surface area contributed by atoms with E-state index in [1.165, 1.54) is 21.3 Å². The van der Waals surface area contributed by atoms with Gasteiger partial charge in [0.2, 0.25) is 15.9 Å². The number of rotatable bonds is 6. The quantitative estimate of drug-likeness (QED) is 0.686. The van der Waals surface area contributed by atoms with Crippen LogP contribution in [0.15, 0.2) is 23.1 Å². The summed E-state index contributed by atoms with van der Waals surface area (Å²) in [5.74, 6) is -0.0873. The molecule has 1 aliphatic rings. The monoisotopic (exact) mass is 432 g/mol. The number of carbonyl (C=O) groups excluding carboxylic acids is 1. The number of piperazine rings is 1. The fourth-order valence-corrected chi connectivity index (χ4v) is 5.51. The van der Waals surface area contributed by atoms with Gasteiger partial charge in [0.1, 0.15) is 4.90 Å². The number of amides is 1. The van der Waals surface area contributed by atoms with E-state index in [0.717, 1.165) is 0 Å². The molecule has 27 heavy (non-hydrogen) atoms. The highest BCUT2D eigenvalue weighted by Crippen LogP contribution is 2.32. The van der Waals surface area contributed by atoms with Gasteiger partial charge in [-0.15, -0.1) is 0 Å². The van der Waals surface area contributed by atoms with Crippen LogP contribution < -0.4 is 0 Å². The van der Waals surface area contributed by atoms with E-state index in [4.69, 9.17) is 28.5 Å². The molecule has 1 aromatic carbocycles. The summed E-state index contributed by atoms with van der Waals surface area (Å²) < 4.78 is 27.1. The molecule has 1 heterocycles. The van der Waals surface area contributed by atoms with Gasteiger partial charge in [-0.3, -0.25) is 9.69 Å². The third-order valence-corrected chi connectivity index (χ3v) is 7.49. The van der Waals surface area contributed by atoms with Crippen molar-refractivity contribution in [3.05, 3.63) is 28.2 Å². The summed E-state index contributed by atoms with van der Waals surface area (Å²) in [7, 11) is -2.15. The predicted molar refractivity (Wildman–Crippen MR) is 104 cm³/mol. The average molecular weight is 433 g/mol. The second-order valence-electron chi connectivity index (χ2n) is 6.33. The molecule has 2 rings (SSSR count). The molecule has 148 valence electrons. The first-order chi connectivity index (χ1) is 12.7. The normalized spacial score (nSPS) is 17.3. The van der Waals surface area contributed by atoms with Crippen molar-refractivity contribution in [3.63, 3.8) is 0 Å². The molecule has 0 aromatic heterocycles. The fourth-order valence-electron chi connectivity index (χ4n) is 2.99. The van der Waals surface area contributed by atoms with Crippen LogP contribution in [0.4, 0.5) is 0 Å². The number of nitrogens with zero attached hydrogens (tertiary/aromatic N) is 4. The Morgan fingerprint density at radius 1 is 1.26 bits per heavy atom. The minimum Gasteiger partial charge on any atom is -0.343 e. The summed E-state index contributed by atoms with van der Waals surface area (Å²) in [6, 6.07) is 6.21. The van der Waals surface area contributed by atoms with E-state index < -0.39 is 10.0 Å². The number of hydrogen-bond acceptors (Lipinski definition) is 5. The Morgan fingerprint density at radius 3 is 2.33 bits per heavy atom. The van der Waals surface area contributed by atoms with Crippen molar-refractivity contribution in [3.8, 4) is 6.07 Å². The maximum atomic E-state index is 12.9. The lowest BCUT2D eigenvalue weighted by molar-refractivity contribution is -0.135. The fraction of sp³-hybridized carbons (Fsp3) is 0.529. The molecule has 0 N–H and O–H groups in total. The van der Waals surface area contributed by atoms with Crippen LogP contribution in [0.3, 0.4) is 0 Å². The minimum atomic E-state index is -3.81. The molecule has 10 heteroatoms. The second kappa shape index (κ2) is 9.22. The molecule has 0 spiro atoms. The van der Waals surface area contributed by atoms with Crippen LogP contribution >= 0.6 is 23.2 Å². The third kappa shape index (κ3) is 4.92. The van der Waals surface area contributed by atoms with E-state index in [1.807, 2.05) is 11.0 Å². The summed E-state index contributed by atoms with van der Waals surface area (Å²) in [4.78, 5) is 15.8. The Morgan fingerprint density at radius 2 is 1.81 bits per heavy atom. The molecule has 1 saturated heterocycles. The highest BCUT2D eigenvalue weighted by Gasteiger charge is 2.34. The first kappa shape index (κ1) is 21.9. The van der Waals surface area contributed by atoms with Crippen molar-refractivity contribution >= 4 is 39.1 Å². The number of sulfonamides is 1. The van der Waals surface area contributed by atoms with E-state index in [9.17, 15) is 13.2 Å². The summed E-state index contributed by atoms with van der Waals surface area (Å²) in [6.45, 7) is 3.48. The van der Waals surface area contributed by atoms with Gasteiger partial charge in [0.05, 0.1) is 28.6 Å². The van der Waals surface area contributed by atoms with E-state index in [2.05, 4.69) is 0 Å². The van der Waals surface area contributed by atoms with Gasteiger partial charge in [-0.1, -0.05) is 29.3 Å². The molecule has 1 aromatic rings. The third-order valence-electron chi connectivity index (χ3n) is 4.63. The topological polar surface area (TPSA) is 84.7 Å². The molecule has 1 aliphatic heterocycles. The van der Waals surface area contributed by atoms with Gasteiger partial charge in [0.15, 0.2) is 0 Å². The van der Waals surface area contributed by atoms with Crippen molar-refractivity contribution in [1.82, 2.24) is 14.1 Å². The average Bonchev–Trinajstić information content (AvgIpc) is 2.64. The molecule has 0 aliphatic carbocycles. The van der Waals surface area contributed by atoms with E-state index in [0.29, 0.717) is 19.6 Å².